The highest BCUT2D eigenvalue weighted by Crippen LogP contribution is 2.33. The fourth-order valence-electron chi connectivity index (χ4n) is 5.05. The smallest absolute Gasteiger partial charge is 0.410 e. The van der Waals surface area contributed by atoms with Gasteiger partial charge < -0.3 is 19.9 Å². The van der Waals surface area contributed by atoms with Gasteiger partial charge in [0.25, 0.3) is 0 Å². The molecule has 0 spiro atoms. The molecule has 2 amide bonds. The number of aryl methyl sites for hydroxylation is 2. The summed E-state index contributed by atoms with van der Waals surface area (Å²) in [4.78, 5) is 33.5. The zero-order valence-corrected chi connectivity index (χ0v) is 22.0. The number of carbonyl (C=O) groups is 2. The summed E-state index contributed by atoms with van der Waals surface area (Å²) >= 11 is 0. The first-order valence-electron chi connectivity index (χ1n) is 12.8. The first-order valence-corrected chi connectivity index (χ1v) is 12.8. The van der Waals surface area contributed by atoms with Crippen LogP contribution in [0.15, 0.2) is 48.7 Å². The second-order valence-corrected chi connectivity index (χ2v) is 10.9. The minimum Gasteiger partial charge on any atom is -0.444 e. The average molecular weight is 499 g/mol. The molecule has 0 atom stereocenters. The molecule has 0 fully saturated rings. The van der Waals surface area contributed by atoms with Gasteiger partial charge in [0, 0.05) is 44.5 Å². The fourth-order valence-corrected chi connectivity index (χ4v) is 5.05. The van der Waals surface area contributed by atoms with Crippen molar-refractivity contribution in [2.45, 2.75) is 52.3 Å². The number of rotatable bonds is 4. The Morgan fingerprint density at radius 1 is 1.14 bits per heavy atom. The third-order valence-corrected chi connectivity index (χ3v) is 6.84. The number of hydrogen-bond donors (Lipinski definition) is 1. The highest BCUT2D eigenvalue weighted by molar-refractivity contribution is 5.94. The predicted molar refractivity (Wildman–Crippen MR) is 146 cm³/mol. The molecule has 1 aliphatic heterocycles. The highest BCUT2D eigenvalue weighted by atomic mass is 16.6. The van der Waals surface area contributed by atoms with Crippen molar-refractivity contribution in [2.24, 2.45) is 0 Å². The molecule has 7 nitrogen and oxygen atoms in total. The molecule has 2 heterocycles. The maximum Gasteiger partial charge on any atom is 0.410 e. The Morgan fingerprint density at radius 3 is 2.70 bits per heavy atom. The SMILES string of the molecule is CN(Cc1ccc2c3c(cccc13)CC2)C(=O)/C=C/c1cnc2c(c1)CN(C(=O)OC(C)(C)C)CCN2. The standard InChI is InChI=1S/C30H34N4O3/c1-30(2,3)37-29(36)34-15-14-31-28-24(19-34)16-20(17-32-28)8-13-26(35)33(4)18-23-12-11-22-10-9-21-6-5-7-25(23)27(21)22/h5-8,11-13,16-17H,9-10,14-15,18-19H2,1-4H3,(H,31,32)/b13-8+. The molecule has 0 saturated carbocycles. The molecule has 0 bridgehead atoms. The summed E-state index contributed by atoms with van der Waals surface area (Å²) in [5, 5.41) is 5.88. The van der Waals surface area contributed by atoms with Crippen molar-refractivity contribution in [3.8, 4) is 0 Å². The first kappa shape index (κ1) is 24.8. The summed E-state index contributed by atoms with van der Waals surface area (Å²) < 4.78 is 5.55. The van der Waals surface area contributed by atoms with Crippen LogP contribution in [0.2, 0.25) is 0 Å². The summed E-state index contributed by atoms with van der Waals surface area (Å²) in [6.45, 7) is 7.63. The van der Waals surface area contributed by atoms with Crippen LogP contribution in [-0.2, 0) is 35.5 Å². The number of hydrogen-bond acceptors (Lipinski definition) is 5. The fraction of sp³-hybridized carbons (Fsp3) is 0.367. The third-order valence-electron chi connectivity index (χ3n) is 6.84. The number of aromatic nitrogens is 1. The first-order chi connectivity index (χ1) is 17.7. The molecule has 5 rings (SSSR count). The van der Waals surface area contributed by atoms with Crippen LogP contribution < -0.4 is 5.32 Å². The number of fused-ring (bicyclic) bond motifs is 1. The minimum atomic E-state index is -0.554. The molecule has 0 unspecified atom stereocenters. The molecule has 2 aliphatic rings. The van der Waals surface area contributed by atoms with Crippen LogP contribution in [0.3, 0.4) is 0 Å². The number of pyridine rings is 1. The van der Waals surface area contributed by atoms with Gasteiger partial charge in [-0.1, -0.05) is 30.3 Å². The summed E-state index contributed by atoms with van der Waals surface area (Å²) in [6.07, 6.45) is 6.94. The van der Waals surface area contributed by atoms with Gasteiger partial charge in [-0.25, -0.2) is 9.78 Å². The lowest BCUT2D eigenvalue weighted by Crippen LogP contribution is -2.37. The Bertz CT molecular complexity index is 1380. The van der Waals surface area contributed by atoms with Gasteiger partial charge in [0.1, 0.15) is 11.4 Å². The van der Waals surface area contributed by atoms with E-state index in [1.54, 1.807) is 28.1 Å². The van der Waals surface area contributed by atoms with Crippen LogP contribution >= 0.6 is 0 Å². The number of carbonyl (C=O) groups excluding carboxylic acids is 2. The lowest BCUT2D eigenvalue weighted by atomic mass is 9.99. The van der Waals surface area contributed by atoms with Crippen LogP contribution in [0.5, 0.6) is 0 Å². The third kappa shape index (κ3) is 5.45. The Morgan fingerprint density at radius 2 is 1.92 bits per heavy atom. The van der Waals surface area contributed by atoms with Gasteiger partial charge >= 0.3 is 6.09 Å². The van der Waals surface area contributed by atoms with E-state index in [-0.39, 0.29) is 12.0 Å². The van der Waals surface area contributed by atoms with E-state index in [0.29, 0.717) is 26.2 Å². The second kappa shape index (κ2) is 9.88. The minimum absolute atomic E-state index is 0.0771. The van der Waals surface area contributed by atoms with Gasteiger partial charge in [0.05, 0.1) is 6.54 Å². The van der Waals surface area contributed by atoms with E-state index >= 15 is 0 Å². The molecule has 0 radical (unpaired) electrons. The molecule has 192 valence electrons. The van der Waals surface area contributed by atoms with Gasteiger partial charge in [-0.2, -0.15) is 0 Å². The van der Waals surface area contributed by atoms with E-state index in [2.05, 4.69) is 40.6 Å². The molecular formula is C30H34N4O3. The summed E-state index contributed by atoms with van der Waals surface area (Å²) in [7, 11) is 1.83. The molecule has 7 heteroatoms. The van der Waals surface area contributed by atoms with Crippen molar-refractivity contribution in [3.05, 3.63) is 76.5 Å². The molecule has 1 aliphatic carbocycles. The summed E-state index contributed by atoms with van der Waals surface area (Å²) in [5.74, 6) is 0.672. The number of amides is 2. The largest absolute Gasteiger partial charge is 0.444 e. The lowest BCUT2D eigenvalue weighted by Gasteiger charge is -2.26. The quantitative estimate of drug-likeness (QED) is 0.503. The predicted octanol–water partition coefficient (Wildman–Crippen LogP) is 5.17. The zero-order valence-electron chi connectivity index (χ0n) is 22.0. The van der Waals surface area contributed by atoms with Crippen LogP contribution in [0.4, 0.5) is 10.6 Å². The molecular weight excluding hydrogens is 464 g/mol. The lowest BCUT2D eigenvalue weighted by molar-refractivity contribution is -0.125. The summed E-state index contributed by atoms with van der Waals surface area (Å²) in [6, 6.07) is 12.8. The van der Waals surface area contributed by atoms with Gasteiger partial charge in [-0.15, -0.1) is 0 Å². The zero-order chi connectivity index (χ0) is 26.2. The maximum absolute atomic E-state index is 13.0. The molecule has 2 aromatic carbocycles. The number of anilines is 1. The normalized spacial score (nSPS) is 14.9. The molecule has 1 aromatic heterocycles. The number of likely N-dealkylation sites (N-methyl/N-ethyl adjacent to an activating group) is 1. The van der Waals surface area contributed by atoms with E-state index in [1.807, 2.05) is 33.9 Å². The van der Waals surface area contributed by atoms with E-state index < -0.39 is 5.60 Å². The molecule has 37 heavy (non-hydrogen) atoms. The van der Waals surface area contributed by atoms with E-state index in [9.17, 15) is 9.59 Å². The van der Waals surface area contributed by atoms with Crippen LogP contribution in [-0.4, -0.2) is 52.5 Å². The Balaban J connectivity index is 1.28. The maximum atomic E-state index is 13.0. The second-order valence-electron chi connectivity index (χ2n) is 10.9. The number of ether oxygens (including phenoxy) is 1. The van der Waals surface area contributed by atoms with E-state index in [4.69, 9.17) is 4.74 Å². The van der Waals surface area contributed by atoms with Gasteiger partial charge in [0.15, 0.2) is 0 Å². The van der Waals surface area contributed by atoms with Crippen molar-refractivity contribution in [1.29, 1.82) is 0 Å². The topological polar surface area (TPSA) is 74.8 Å². The van der Waals surface area contributed by atoms with Crippen LogP contribution in [0.25, 0.3) is 16.8 Å². The van der Waals surface area contributed by atoms with E-state index in [1.165, 1.54) is 21.9 Å². The Hall–Kier alpha value is -3.87. The summed E-state index contributed by atoms with van der Waals surface area (Å²) in [5.41, 5.74) is 5.10. The number of benzene rings is 2. The average Bonchev–Trinajstić information content (AvgIpc) is 3.15. The molecule has 0 saturated heterocycles. The Labute approximate surface area is 218 Å². The van der Waals surface area contributed by atoms with Gasteiger partial charge in [-0.05, 0) is 78.8 Å². The van der Waals surface area contributed by atoms with Crippen LogP contribution in [0.1, 0.15) is 48.6 Å². The highest BCUT2D eigenvalue weighted by Gasteiger charge is 2.25. The van der Waals surface area contributed by atoms with Crippen molar-refractivity contribution < 1.29 is 14.3 Å². The molecule has 3 aromatic rings. The van der Waals surface area contributed by atoms with Gasteiger partial charge in [-0.3, -0.25) is 4.79 Å². The number of nitrogens with zero attached hydrogens (tertiary/aromatic N) is 3. The molecule has 1 N–H and O–H groups in total. The Kier molecular flexibility index (Phi) is 6.63. The van der Waals surface area contributed by atoms with Crippen molar-refractivity contribution in [3.63, 3.8) is 0 Å². The number of nitrogens with one attached hydrogen (secondary N) is 1. The van der Waals surface area contributed by atoms with Crippen molar-refractivity contribution in [2.75, 3.05) is 25.5 Å². The van der Waals surface area contributed by atoms with Crippen LogP contribution in [0, 0.1) is 0 Å². The van der Waals surface area contributed by atoms with E-state index in [0.717, 1.165) is 35.3 Å². The monoisotopic (exact) mass is 498 g/mol. The van der Waals surface area contributed by atoms with Gasteiger partial charge in [0.2, 0.25) is 5.91 Å². The van der Waals surface area contributed by atoms with Crippen molar-refractivity contribution >= 4 is 34.7 Å². The van der Waals surface area contributed by atoms with Crippen molar-refractivity contribution in [1.82, 2.24) is 14.8 Å².